The van der Waals surface area contributed by atoms with Crippen LogP contribution in [0, 0.1) is 0 Å². The number of phenols is 4. The summed E-state index contributed by atoms with van der Waals surface area (Å²) >= 11 is 0. The zero-order chi connectivity index (χ0) is 37.4. The molecule has 0 saturated carbocycles. The second-order valence-electron chi connectivity index (χ2n) is 12.0. The number of phenolic OH excluding ortho intramolecular Hbond substituents is 4. The highest BCUT2D eigenvalue weighted by Crippen LogP contribution is 2.43. The average molecular weight is 731 g/mol. The highest BCUT2D eigenvalue weighted by Gasteiger charge is 2.52. The quantitative estimate of drug-likeness (QED) is 0.0741. The molecule has 18 nitrogen and oxygen atoms in total. The number of hydrogen-bond acceptors (Lipinski definition) is 18. The van der Waals surface area contributed by atoms with Gasteiger partial charge in [-0.3, -0.25) is 4.79 Å². The average Bonchev–Trinajstić information content (AvgIpc) is 3.13. The number of aliphatic hydroxyl groups is 6. The Labute approximate surface area is 292 Å². The van der Waals surface area contributed by atoms with Crippen LogP contribution in [-0.2, 0) is 18.9 Å². The molecule has 278 valence electrons. The number of rotatable bonds is 9. The Kier molecular flexibility index (Phi) is 10.5. The van der Waals surface area contributed by atoms with Gasteiger partial charge in [0.25, 0.3) is 0 Å². The molecular weight excluding hydrogens is 696 g/mol. The van der Waals surface area contributed by atoms with Gasteiger partial charge in [-0.1, -0.05) is 18.2 Å². The van der Waals surface area contributed by atoms with Crippen molar-refractivity contribution >= 4 is 16.9 Å². The summed E-state index contributed by atoms with van der Waals surface area (Å²) < 4.78 is 33.6. The lowest BCUT2D eigenvalue weighted by Gasteiger charge is -2.45. The van der Waals surface area contributed by atoms with E-state index in [1.54, 1.807) is 18.2 Å². The number of hydrogen-bond donors (Lipinski definition) is 10. The first-order valence-corrected chi connectivity index (χ1v) is 15.7. The number of carbonyl (C=O) groups is 1. The number of aliphatic hydroxyl groups excluding tert-OH is 6. The Bertz CT molecular complexity index is 1970. The standard InChI is InChI=1S/C34H34O18/c35-11-21-25(40)29(44)31(52-33-30(45)28(43)26(41)22(51-33)12-47-32(46)13-4-2-1-3-5-13)34(50-21)49-20-10-19-23(27(42)24(20)39)17(38)9-18(48-19)14-6-7-15(36)16(37)8-14/h1-10,21-22,25-26,28-31,33-37,39-45H,11-12H2. The van der Waals surface area contributed by atoms with Crippen LogP contribution >= 0.6 is 0 Å². The Morgan fingerprint density at radius 2 is 1.42 bits per heavy atom. The topological polar surface area (TPSA) is 296 Å². The molecule has 4 aromatic rings. The van der Waals surface area contributed by atoms with Crippen molar-refractivity contribution in [1.82, 2.24) is 0 Å². The summed E-state index contributed by atoms with van der Waals surface area (Å²) in [5.41, 5.74) is -0.869. The van der Waals surface area contributed by atoms with Crippen LogP contribution in [0.2, 0.25) is 0 Å². The van der Waals surface area contributed by atoms with E-state index < -0.39 is 120 Å². The van der Waals surface area contributed by atoms with Crippen molar-refractivity contribution in [2.45, 2.75) is 61.4 Å². The molecule has 3 heterocycles. The molecule has 2 aliphatic rings. The molecule has 52 heavy (non-hydrogen) atoms. The number of carbonyl (C=O) groups excluding carboxylic acids is 1. The fourth-order valence-corrected chi connectivity index (χ4v) is 5.74. The third-order valence-corrected chi connectivity index (χ3v) is 8.61. The summed E-state index contributed by atoms with van der Waals surface area (Å²) in [5.74, 6) is -4.53. The molecule has 3 aromatic carbocycles. The molecule has 10 unspecified atom stereocenters. The molecule has 1 aromatic heterocycles. The maximum absolute atomic E-state index is 13.0. The van der Waals surface area contributed by atoms with Crippen LogP contribution in [0.3, 0.4) is 0 Å². The molecule has 6 rings (SSSR count). The van der Waals surface area contributed by atoms with Crippen molar-refractivity contribution < 1.29 is 84.0 Å². The highest BCUT2D eigenvalue weighted by molar-refractivity contribution is 5.90. The number of benzene rings is 3. The summed E-state index contributed by atoms with van der Waals surface area (Å²) in [4.78, 5) is 25.4. The van der Waals surface area contributed by atoms with Crippen LogP contribution in [0.25, 0.3) is 22.3 Å². The van der Waals surface area contributed by atoms with Gasteiger partial charge in [-0.05, 0) is 30.3 Å². The largest absolute Gasteiger partial charge is 0.504 e. The fraction of sp³-hybridized carbons (Fsp3) is 0.353. The van der Waals surface area contributed by atoms with Gasteiger partial charge in [0.2, 0.25) is 12.0 Å². The van der Waals surface area contributed by atoms with Crippen molar-refractivity contribution in [3.63, 3.8) is 0 Å². The molecule has 2 aliphatic heterocycles. The van der Waals surface area contributed by atoms with Crippen LogP contribution in [0.15, 0.2) is 69.9 Å². The first kappa shape index (κ1) is 36.8. The summed E-state index contributed by atoms with van der Waals surface area (Å²) in [6.07, 6.45) is -18.2. The minimum atomic E-state index is -2.00. The summed E-state index contributed by atoms with van der Waals surface area (Å²) in [7, 11) is 0. The number of ether oxygens (including phenoxy) is 5. The highest BCUT2D eigenvalue weighted by atomic mass is 16.8. The molecule has 0 amide bonds. The van der Waals surface area contributed by atoms with Gasteiger partial charge in [-0.2, -0.15) is 0 Å². The molecule has 0 spiro atoms. The zero-order valence-electron chi connectivity index (χ0n) is 26.7. The second-order valence-corrected chi connectivity index (χ2v) is 12.0. The van der Waals surface area contributed by atoms with E-state index in [0.29, 0.717) is 0 Å². The van der Waals surface area contributed by atoms with Crippen molar-refractivity contribution in [3.8, 4) is 40.1 Å². The Morgan fingerprint density at radius 1 is 0.731 bits per heavy atom. The first-order chi connectivity index (χ1) is 24.8. The number of fused-ring (bicyclic) bond motifs is 1. The van der Waals surface area contributed by atoms with E-state index in [0.717, 1.165) is 24.3 Å². The molecular formula is C34H34O18. The first-order valence-electron chi connectivity index (χ1n) is 15.7. The van der Waals surface area contributed by atoms with Crippen LogP contribution in [0.1, 0.15) is 10.4 Å². The number of esters is 1. The van der Waals surface area contributed by atoms with Crippen molar-refractivity contribution in [2.24, 2.45) is 0 Å². The summed E-state index contributed by atoms with van der Waals surface area (Å²) in [6, 6.07) is 13.3. The van der Waals surface area contributed by atoms with Crippen LogP contribution in [-0.4, -0.2) is 132 Å². The lowest BCUT2D eigenvalue weighted by atomic mass is 9.97. The second kappa shape index (κ2) is 14.9. The van der Waals surface area contributed by atoms with Gasteiger partial charge < -0.3 is 79.2 Å². The monoisotopic (exact) mass is 730 g/mol. The maximum atomic E-state index is 13.0. The van der Waals surface area contributed by atoms with Crippen molar-refractivity contribution in [2.75, 3.05) is 13.2 Å². The molecule has 10 atom stereocenters. The van der Waals surface area contributed by atoms with E-state index in [1.165, 1.54) is 18.2 Å². The van der Waals surface area contributed by atoms with Gasteiger partial charge in [0.1, 0.15) is 66.1 Å². The van der Waals surface area contributed by atoms with E-state index in [4.69, 9.17) is 28.1 Å². The predicted molar refractivity (Wildman–Crippen MR) is 171 cm³/mol. The normalized spacial score (nSPS) is 29.1. The van der Waals surface area contributed by atoms with E-state index >= 15 is 0 Å². The summed E-state index contributed by atoms with van der Waals surface area (Å²) in [5, 5.41) is 104. The summed E-state index contributed by atoms with van der Waals surface area (Å²) in [6.45, 7) is -1.49. The van der Waals surface area contributed by atoms with Crippen LogP contribution < -0.4 is 10.2 Å². The molecule has 2 fully saturated rings. The molecule has 0 radical (unpaired) electrons. The van der Waals surface area contributed by atoms with Crippen LogP contribution in [0.5, 0.6) is 28.7 Å². The molecule has 0 bridgehead atoms. The molecule has 2 saturated heterocycles. The van der Waals surface area contributed by atoms with Gasteiger partial charge in [0, 0.05) is 17.7 Å². The minimum absolute atomic E-state index is 0.133. The SMILES string of the molecule is O=C(OCC1OC(OC2C(Oc3cc4oc(-c5ccc(O)c(O)c5)cc(=O)c4c(O)c3O)OC(CO)C(O)C2O)C(O)C(O)C1O)c1ccccc1. The van der Waals surface area contributed by atoms with Crippen molar-refractivity contribution in [1.29, 1.82) is 0 Å². The van der Waals surface area contributed by atoms with Gasteiger partial charge in [-0.25, -0.2) is 4.79 Å². The van der Waals surface area contributed by atoms with E-state index in [-0.39, 0.29) is 22.5 Å². The molecule has 0 aliphatic carbocycles. The van der Waals surface area contributed by atoms with Crippen molar-refractivity contribution in [3.05, 3.63) is 76.5 Å². The van der Waals surface area contributed by atoms with Gasteiger partial charge >= 0.3 is 5.97 Å². The van der Waals surface area contributed by atoms with E-state index in [9.17, 15) is 60.7 Å². The van der Waals surface area contributed by atoms with Crippen LogP contribution in [0.4, 0.5) is 0 Å². The van der Waals surface area contributed by atoms with Gasteiger partial charge in [0.05, 0.1) is 12.2 Å². The smallest absolute Gasteiger partial charge is 0.338 e. The van der Waals surface area contributed by atoms with Gasteiger partial charge in [0.15, 0.2) is 40.8 Å². The van der Waals surface area contributed by atoms with E-state index in [1.807, 2.05) is 0 Å². The third kappa shape index (κ3) is 7.06. The zero-order valence-corrected chi connectivity index (χ0v) is 26.7. The molecule has 18 heteroatoms. The Balaban J connectivity index is 1.28. The molecule has 10 N–H and O–H groups in total. The Morgan fingerprint density at radius 3 is 2.12 bits per heavy atom. The Hall–Kier alpha value is -5.02. The predicted octanol–water partition coefficient (Wildman–Crippen LogP) is -0.850. The lowest BCUT2D eigenvalue weighted by molar-refractivity contribution is -0.357. The van der Waals surface area contributed by atoms with Gasteiger partial charge in [-0.15, -0.1) is 0 Å². The third-order valence-electron chi connectivity index (χ3n) is 8.61. The minimum Gasteiger partial charge on any atom is -0.504 e. The van der Waals surface area contributed by atoms with E-state index in [2.05, 4.69) is 0 Å². The fourth-order valence-electron chi connectivity index (χ4n) is 5.74. The lowest BCUT2D eigenvalue weighted by Crippen LogP contribution is -2.65. The number of aromatic hydroxyl groups is 4. The maximum Gasteiger partial charge on any atom is 0.338 e.